The van der Waals surface area contributed by atoms with E-state index >= 15 is 0 Å². The molecule has 1 saturated heterocycles. The van der Waals surface area contributed by atoms with Crippen molar-refractivity contribution in [1.82, 2.24) is 10.1 Å². The summed E-state index contributed by atoms with van der Waals surface area (Å²) in [6.45, 7) is 6.19. The van der Waals surface area contributed by atoms with Gasteiger partial charge in [0.15, 0.2) is 0 Å². The molecule has 0 radical (unpaired) electrons. The van der Waals surface area contributed by atoms with Gasteiger partial charge in [0, 0.05) is 13.1 Å². The van der Waals surface area contributed by atoms with Crippen LogP contribution in [0.2, 0.25) is 0 Å². The predicted octanol–water partition coefficient (Wildman–Crippen LogP) is 1.62. The van der Waals surface area contributed by atoms with Gasteiger partial charge in [-0.2, -0.15) is 4.98 Å². The zero-order valence-corrected chi connectivity index (χ0v) is 10.6. The number of aliphatic hydroxyl groups is 1. The van der Waals surface area contributed by atoms with Crippen LogP contribution < -0.4 is 4.90 Å². The lowest BCUT2D eigenvalue weighted by Gasteiger charge is -2.10. The third-order valence-corrected chi connectivity index (χ3v) is 3.00. The van der Waals surface area contributed by atoms with E-state index in [9.17, 15) is 5.11 Å². The molecule has 1 aromatic heterocycles. The van der Waals surface area contributed by atoms with Crippen LogP contribution in [0.5, 0.6) is 0 Å². The Morgan fingerprint density at radius 1 is 1.35 bits per heavy atom. The number of rotatable bonds is 5. The Hall–Kier alpha value is -1.10. The molecule has 0 aromatic carbocycles. The van der Waals surface area contributed by atoms with E-state index in [4.69, 9.17) is 4.52 Å². The third-order valence-electron chi connectivity index (χ3n) is 3.00. The van der Waals surface area contributed by atoms with Gasteiger partial charge >= 0.3 is 0 Å². The average molecular weight is 239 g/mol. The second kappa shape index (κ2) is 5.49. The van der Waals surface area contributed by atoms with Crippen LogP contribution >= 0.6 is 0 Å². The van der Waals surface area contributed by atoms with E-state index in [0.717, 1.165) is 19.5 Å². The van der Waals surface area contributed by atoms with E-state index in [2.05, 4.69) is 28.9 Å². The number of anilines is 1. The molecule has 2 heterocycles. The number of aromatic nitrogens is 2. The zero-order chi connectivity index (χ0) is 12.3. The van der Waals surface area contributed by atoms with Crippen molar-refractivity contribution in [3.8, 4) is 0 Å². The molecular weight excluding hydrogens is 218 g/mol. The molecule has 1 aliphatic heterocycles. The minimum absolute atomic E-state index is 0.387. The van der Waals surface area contributed by atoms with E-state index < -0.39 is 0 Å². The lowest BCUT2D eigenvalue weighted by molar-refractivity contribution is 0.138. The molecule has 1 aromatic rings. The molecule has 1 unspecified atom stereocenters. The fourth-order valence-electron chi connectivity index (χ4n) is 2.20. The normalized spacial score (nSPS) is 18.0. The van der Waals surface area contributed by atoms with E-state index in [1.807, 2.05) is 0 Å². The SMILES string of the molecule is CC(C)CC(O)Cc1nc(N2CCCC2)no1. The molecule has 1 aliphatic rings. The summed E-state index contributed by atoms with van der Waals surface area (Å²) < 4.78 is 5.17. The third kappa shape index (κ3) is 3.43. The molecular formula is C12H21N3O2. The molecule has 2 rings (SSSR count). The average Bonchev–Trinajstić information content (AvgIpc) is 2.84. The molecule has 1 atom stereocenters. The van der Waals surface area contributed by atoms with Gasteiger partial charge in [0.05, 0.1) is 12.5 Å². The molecule has 0 bridgehead atoms. The summed E-state index contributed by atoms with van der Waals surface area (Å²) in [5, 5.41) is 13.8. The minimum atomic E-state index is -0.387. The van der Waals surface area contributed by atoms with Crippen LogP contribution in [-0.2, 0) is 6.42 Å². The maximum Gasteiger partial charge on any atom is 0.266 e. The van der Waals surface area contributed by atoms with Gasteiger partial charge in [0.2, 0.25) is 5.89 Å². The van der Waals surface area contributed by atoms with E-state index in [-0.39, 0.29) is 6.10 Å². The summed E-state index contributed by atoms with van der Waals surface area (Å²) in [5.74, 6) is 1.69. The Morgan fingerprint density at radius 2 is 2.06 bits per heavy atom. The van der Waals surface area contributed by atoms with Crippen molar-refractivity contribution >= 4 is 5.95 Å². The number of hydrogen-bond acceptors (Lipinski definition) is 5. The highest BCUT2D eigenvalue weighted by molar-refractivity contribution is 5.28. The van der Waals surface area contributed by atoms with Crippen molar-refractivity contribution in [2.45, 2.75) is 45.6 Å². The van der Waals surface area contributed by atoms with Gasteiger partial charge in [-0.25, -0.2) is 0 Å². The lowest BCUT2D eigenvalue weighted by Crippen LogP contribution is -2.19. The molecule has 1 N–H and O–H groups in total. The van der Waals surface area contributed by atoms with Gasteiger partial charge in [-0.3, -0.25) is 0 Å². The van der Waals surface area contributed by atoms with E-state index in [1.165, 1.54) is 12.8 Å². The Bertz CT molecular complexity index is 345. The second-order valence-corrected chi connectivity index (χ2v) is 5.17. The van der Waals surface area contributed by atoms with Crippen molar-refractivity contribution in [2.75, 3.05) is 18.0 Å². The number of aliphatic hydroxyl groups excluding tert-OH is 1. The second-order valence-electron chi connectivity index (χ2n) is 5.17. The molecule has 5 heteroatoms. The number of nitrogens with zero attached hydrogens (tertiary/aromatic N) is 3. The maximum absolute atomic E-state index is 9.81. The summed E-state index contributed by atoms with van der Waals surface area (Å²) in [5.41, 5.74) is 0. The molecule has 1 fully saturated rings. The monoisotopic (exact) mass is 239 g/mol. The zero-order valence-electron chi connectivity index (χ0n) is 10.6. The summed E-state index contributed by atoms with van der Waals surface area (Å²) >= 11 is 0. The Balaban J connectivity index is 1.89. The molecule has 0 saturated carbocycles. The molecule has 0 aliphatic carbocycles. The standard InChI is InChI=1S/C12H21N3O2/c1-9(2)7-10(16)8-11-13-12(14-17-11)15-5-3-4-6-15/h9-10,16H,3-8H2,1-2H3. The first-order valence-corrected chi connectivity index (χ1v) is 6.40. The molecule has 0 amide bonds. The quantitative estimate of drug-likeness (QED) is 0.846. The lowest BCUT2D eigenvalue weighted by atomic mass is 10.0. The van der Waals surface area contributed by atoms with E-state index in [0.29, 0.717) is 24.2 Å². The highest BCUT2D eigenvalue weighted by Gasteiger charge is 2.19. The van der Waals surface area contributed by atoms with Crippen LogP contribution in [0.15, 0.2) is 4.52 Å². The summed E-state index contributed by atoms with van der Waals surface area (Å²) in [6.07, 6.45) is 3.22. The van der Waals surface area contributed by atoms with Gasteiger partial charge < -0.3 is 14.5 Å². The topological polar surface area (TPSA) is 62.4 Å². The fraction of sp³-hybridized carbons (Fsp3) is 0.833. The van der Waals surface area contributed by atoms with Crippen LogP contribution in [-0.4, -0.2) is 34.4 Å². The van der Waals surface area contributed by atoms with Gasteiger partial charge in [-0.05, 0) is 30.3 Å². The van der Waals surface area contributed by atoms with Gasteiger partial charge in [-0.15, -0.1) is 0 Å². The highest BCUT2D eigenvalue weighted by atomic mass is 16.5. The van der Waals surface area contributed by atoms with Crippen molar-refractivity contribution in [1.29, 1.82) is 0 Å². The first-order valence-electron chi connectivity index (χ1n) is 6.40. The van der Waals surface area contributed by atoms with Crippen LogP contribution in [0, 0.1) is 5.92 Å². The largest absolute Gasteiger partial charge is 0.393 e. The van der Waals surface area contributed by atoms with Gasteiger partial charge in [-0.1, -0.05) is 13.8 Å². The van der Waals surface area contributed by atoms with Crippen LogP contribution in [0.4, 0.5) is 5.95 Å². The molecule has 17 heavy (non-hydrogen) atoms. The van der Waals surface area contributed by atoms with Gasteiger partial charge in [0.1, 0.15) is 0 Å². The fourth-order valence-corrected chi connectivity index (χ4v) is 2.20. The van der Waals surface area contributed by atoms with Crippen molar-refractivity contribution in [3.05, 3.63) is 5.89 Å². The molecule has 0 spiro atoms. The first-order chi connectivity index (χ1) is 8.15. The molecule has 96 valence electrons. The predicted molar refractivity (Wildman–Crippen MR) is 64.9 cm³/mol. The highest BCUT2D eigenvalue weighted by Crippen LogP contribution is 2.17. The summed E-state index contributed by atoms with van der Waals surface area (Å²) in [4.78, 5) is 6.45. The smallest absolute Gasteiger partial charge is 0.266 e. The van der Waals surface area contributed by atoms with Crippen LogP contribution in [0.25, 0.3) is 0 Å². The van der Waals surface area contributed by atoms with Crippen LogP contribution in [0.3, 0.4) is 0 Å². The summed E-state index contributed by atoms with van der Waals surface area (Å²) in [6, 6.07) is 0. The number of hydrogen-bond donors (Lipinski definition) is 1. The minimum Gasteiger partial charge on any atom is -0.393 e. The van der Waals surface area contributed by atoms with E-state index in [1.54, 1.807) is 0 Å². The van der Waals surface area contributed by atoms with Crippen molar-refractivity contribution < 1.29 is 9.63 Å². The van der Waals surface area contributed by atoms with Crippen LogP contribution in [0.1, 0.15) is 39.0 Å². The first kappa shape index (κ1) is 12.4. The van der Waals surface area contributed by atoms with Crippen molar-refractivity contribution in [3.63, 3.8) is 0 Å². The summed E-state index contributed by atoms with van der Waals surface area (Å²) in [7, 11) is 0. The maximum atomic E-state index is 9.81. The Labute approximate surface area is 102 Å². The van der Waals surface area contributed by atoms with Gasteiger partial charge in [0.25, 0.3) is 5.95 Å². The Morgan fingerprint density at radius 3 is 2.71 bits per heavy atom. The Kier molecular flexibility index (Phi) is 3.99. The molecule has 5 nitrogen and oxygen atoms in total. The van der Waals surface area contributed by atoms with Crippen molar-refractivity contribution in [2.24, 2.45) is 5.92 Å².